The van der Waals surface area contributed by atoms with Crippen LogP contribution in [-0.2, 0) is 20.6 Å². The number of rotatable bonds is 14. The van der Waals surface area contributed by atoms with Gasteiger partial charge in [0.05, 0.1) is 51.3 Å². The zero-order valence-electron chi connectivity index (χ0n) is 42.4. The number of carbonyl (C=O) groups excluding carboxylic acids is 2. The molecule has 0 aliphatic carbocycles. The lowest BCUT2D eigenvalue weighted by Gasteiger charge is -2.47. The van der Waals surface area contributed by atoms with Crippen molar-refractivity contribution in [3.05, 3.63) is 88.9 Å². The predicted molar refractivity (Wildman–Crippen MR) is 278 cm³/mol. The molecule has 17 heteroatoms. The van der Waals surface area contributed by atoms with Crippen molar-refractivity contribution in [1.29, 1.82) is 0 Å². The minimum absolute atomic E-state index is 0.0256. The number of amides is 2. The Morgan fingerprint density at radius 2 is 1.74 bits per heavy atom. The number of aromatic nitrogens is 4. The van der Waals surface area contributed by atoms with Gasteiger partial charge in [-0.05, 0) is 99.1 Å². The summed E-state index contributed by atoms with van der Waals surface area (Å²) in [6, 6.07) is 19.0. The number of likely N-dealkylation sites (tertiary alicyclic amines) is 2. The van der Waals surface area contributed by atoms with Gasteiger partial charge < -0.3 is 34.5 Å². The van der Waals surface area contributed by atoms with E-state index in [2.05, 4.69) is 110 Å². The third-order valence-corrected chi connectivity index (χ3v) is 21.2. The number of anilines is 2. The molecule has 3 saturated heterocycles. The Morgan fingerprint density at radius 3 is 2.44 bits per heavy atom. The molecule has 0 radical (unpaired) electrons. The molecular formula is C53H72N10O5SSi. The smallest absolute Gasteiger partial charge is 0.243 e. The second-order valence-corrected chi connectivity index (χ2v) is 27.6. The first-order valence-electron chi connectivity index (χ1n) is 25.3. The number of thiazole rings is 1. The summed E-state index contributed by atoms with van der Waals surface area (Å²) in [5.41, 5.74) is 8.19. The van der Waals surface area contributed by atoms with Crippen LogP contribution in [-0.4, -0.2) is 131 Å². The van der Waals surface area contributed by atoms with Crippen molar-refractivity contribution in [3.8, 4) is 27.4 Å². The highest BCUT2D eigenvalue weighted by Crippen LogP contribution is 2.41. The summed E-state index contributed by atoms with van der Waals surface area (Å²) in [4.78, 5) is 44.2. The van der Waals surface area contributed by atoms with Gasteiger partial charge in [-0.2, -0.15) is 0 Å². The number of nitrogens with one attached hydrogen (secondary N) is 2. The number of hydrogen-bond donors (Lipinski definition) is 3. The van der Waals surface area contributed by atoms with Crippen LogP contribution in [0.2, 0.25) is 18.1 Å². The van der Waals surface area contributed by atoms with Crippen molar-refractivity contribution in [2.45, 2.75) is 123 Å². The van der Waals surface area contributed by atoms with E-state index in [4.69, 9.17) is 8.95 Å². The Morgan fingerprint density at radius 1 is 0.986 bits per heavy atom. The van der Waals surface area contributed by atoms with E-state index in [1.165, 1.54) is 0 Å². The molecule has 0 bridgehead atoms. The molecule has 4 aliphatic rings. The first-order valence-corrected chi connectivity index (χ1v) is 29.1. The SMILES string of the molecule is Cc1ncsc1-c1ccc(C(C)NC(=O)[C@@H]2C[C@@H](O[Si](C)(C)C(C)(C)C)CN2C(=O)C(c2cc(CN3CCC(CN4CCN5c6cc(-c7ccccc7O)nnc6NC[C@H]5C4)CC3)no2)C(C)C)cc1. The molecule has 0 spiro atoms. The van der Waals surface area contributed by atoms with Crippen LogP contribution in [0.1, 0.15) is 95.5 Å². The van der Waals surface area contributed by atoms with Crippen LogP contribution >= 0.6 is 11.3 Å². The fraction of sp³-hybridized carbons (Fsp3) is 0.547. The normalized spacial score (nSPS) is 21.3. The number of phenolic OH excluding ortho intramolecular Hbond substituents is 1. The number of aryl methyl sites for hydroxylation is 1. The van der Waals surface area contributed by atoms with E-state index >= 15 is 0 Å². The first-order chi connectivity index (χ1) is 33.4. The van der Waals surface area contributed by atoms with Gasteiger partial charge in [0.2, 0.25) is 11.8 Å². The van der Waals surface area contributed by atoms with Gasteiger partial charge in [-0.25, -0.2) is 4.98 Å². The van der Waals surface area contributed by atoms with E-state index in [9.17, 15) is 14.7 Å². The van der Waals surface area contributed by atoms with E-state index in [1.54, 1.807) is 22.3 Å². The molecule has 2 unspecified atom stereocenters. The summed E-state index contributed by atoms with van der Waals surface area (Å²) in [6.07, 6.45) is 2.39. The summed E-state index contributed by atoms with van der Waals surface area (Å²) in [6.45, 7) is 26.9. The van der Waals surface area contributed by atoms with Gasteiger partial charge in [0.1, 0.15) is 23.5 Å². The number of fused-ring (bicyclic) bond motifs is 3. The van der Waals surface area contributed by atoms with Crippen LogP contribution in [0.3, 0.4) is 0 Å². The van der Waals surface area contributed by atoms with E-state index in [0.717, 1.165) is 97.6 Å². The molecule has 15 nitrogen and oxygen atoms in total. The van der Waals surface area contributed by atoms with Gasteiger partial charge in [0, 0.05) is 63.9 Å². The van der Waals surface area contributed by atoms with Gasteiger partial charge in [-0.1, -0.05) is 76.2 Å². The number of carbonyl (C=O) groups is 2. The lowest BCUT2D eigenvalue weighted by molar-refractivity contribution is -0.141. The predicted octanol–water partition coefficient (Wildman–Crippen LogP) is 8.71. The fourth-order valence-corrected chi connectivity index (χ4v) is 12.8. The van der Waals surface area contributed by atoms with Crippen molar-refractivity contribution >= 4 is 43.0 Å². The van der Waals surface area contributed by atoms with Crippen LogP contribution < -0.4 is 15.5 Å². The molecule has 2 aromatic carbocycles. The third kappa shape index (κ3) is 10.7. The van der Waals surface area contributed by atoms with E-state index in [-0.39, 0.29) is 40.7 Å². The van der Waals surface area contributed by atoms with Crippen molar-refractivity contribution in [1.82, 2.24) is 40.4 Å². The number of aromatic hydroxyl groups is 1. The highest BCUT2D eigenvalue weighted by molar-refractivity contribution is 7.13. The maximum atomic E-state index is 14.9. The highest BCUT2D eigenvalue weighted by Gasteiger charge is 2.48. The lowest BCUT2D eigenvalue weighted by Crippen LogP contribution is -2.58. The van der Waals surface area contributed by atoms with Crippen LogP contribution in [0.25, 0.3) is 21.7 Å². The maximum Gasteiger partial charge on any atom is 0.243 e. The second kappa shape index (κ2) is 20.5. The molecule has 374 valence electrons. The highest BCUT2D eigenvalue weighted by atomic mass is 32.1. The second-order valence-electron chi connectivity index (χ2n) is 22.0. The van der Waals surface area contributed by atoms with E-state index < -0.39 is 20.3 Å². The number of piperidine rings is 1. The zero-order chi connectivity index (χ0) is 49.5. The molecule has 3 N–H and O–H groups in total. The Kier molecular flexibility index (Phi) is 14.6. The summed E-state index contributed by atoms with van der Waals surface area (Å²) < 4.78 is 13.0. The Balaban J connectivity index is 0.807. The van der Waals surface area contributed by atoms with Gasteiger partial charge in [0.15, 0.2) is 14.1 Å². The van der Waals surface area contributed by atoms with E-state index in [0.29, 0.717) is 48.5 Å². The summed E-state index contributed by atoms with van der Waals surface area (Å²) >= 11 is 1.62. The summed E-state index contributed by atoms with van der Waals surface area (Å²) in [7, 11) is -2.21. The van der Waals surface area contributed by atoms with Crippen LogP contribution in [0, 0.1) is 18.8 Å². The lowest BCUT2D eigenvalue weighted by atomic mass is 9.91. The molecule has 2 amide bonds. The van der Waals surface area contributed by atoms with Crippen molar-refractivity contribution in [2.75, 3.05) is 62.6 Å². The van der Waals surface area contributed by atoms with Crippen molar-refractivity contribution in [2.24, 2.45) is 11.8 Å². The Hall–Kier alpha value is -5.20. The molecule has 7 heterocycles. The monoisotopic (exact) mass is 989 g/mol. The zero-order valence-corrected chi connectivity index (χ0v) is 44.3. The molecule has 4 aliphatic heterocycles. The largest absolute Gasteiger partial charge is 0.507 e. The number of nitrogens with zero attached hydrogens (tertiary/aromatic N) is 8. The summed E-state index contributed by atoms with van der Waals surface area (Å²) in [5, 5.41) is 30.7. The van der Waals surface area contributed by atoms with Gasteiger partial charge >= 0.3 is 0 Å². The Labute approximate surface area is 418 Å². The van der Waals surface area contributed by atoms with Crippen LogP contribution in [0.5, 0.6) is 5.75 Å². The molecule has 9 rings (SSSR count). The maximum absolute atomic E-state index is 14.9. The topological polar surface area (TPSA) is 165 Å². The first kappa shape index (κ1) is 49.8. The molecule has 3 aromatic heterocycles. The third-order valence-electron chi connectivity index (χ3n) is 15.7. The number of hydrogen-bond acceptors (Lipinski definition) is 14. The van der Waals surface area contributed by atoms with Gasteiger partial charge in [-0.15, -0.1) is 21.5 Å². The van der Waals surface area contributed by atoms with Crippen LogP contribution in [0.4, 0.5) is 11.5 Å². The number of benzene rings is 2. The van der Waals surface area contributed by atoms with Gasteiger partial charge in [0.25, 0.3) is 0 Å². The van der Waals surface area contributed by atoms with Gasteiger partial charge in [-0.3, -0.25) is 19.4 Å². The van der Waals surface area contributed by atoms with Crippen molar-refractivity contribution < 1.29 is 23.6 Å². The summed E-state index contributed by atoms with van der Waals surface area (Å²) in [5.74, 6) is 1.16. The number of piperazine rings is 1. The Bertz CT molecular complexity index is 2620. The number of phenols is 1. The average Bonchev–Trinajstić information content (AvgIpc) is 4.09. The minimum atomic E-state index is -2.21. The molecular weight excluding hydrogens is 917 g/mol. The van der Waals surface area contributed by atoms with E-state index in [1.807, 2.05) is 57.5 Å². The molecule has 70 heavy (non-hydrogen) atoms. The standard InChI is InChI=1S/C53H72N10O5SSi/c1-33(2)48(52(66)63-31-41(68-70(8,9)53(5,6)7)25-45(63)51(65)56-34(3)37-14-16-38(17-15-37)49-35(4)55-32-69-49)47-24-39(59-67-47)29-60-20-18-36(19-21-60)28-61-22-23-62-40(30-61)27-54-50-44(62)26-43(57-58-50)42-12-10-11-13-46(42)64/h10-17,24,26,32-34,36,40-41,45,48,64H,18-23,25,27-31H2,1-9H3,(H,54,58)(H,56,65)/t34?,40-,41+,45-,48?/m0/s1. The van der Waals surface area contributed by atoms with Crippen molar-refractivity contribution in [3.63, 3.8) is 0 Å². The minimum Gasteiger partial charge on any atom is -0.507 e. The molecule has 0 saturated carbocycles. The molecule has 5 atom stereocenters. The average molecular weight is 989 g/mol. The molecule has 5 aromatic rings. The number of para-hydroxylation sites is 1. The van der Waals surface area contributed by atoms with Crippen LogP contribution in [0.15, 0.2) is 70.7 Å². The fourth-order valence-electron chi connectivity index (χ4n) is 10.6. The molecule has 3 fully saturated rings. The quantitative estimate of drug-likeness (QED) is 0.0906.